The van der Waals surface area contributed by atoms with E-state index in [1.807, 2.05) is 30.3 Å². The number of unbranched alkanes of at least 4 members (excludes halogenated alkanes) is 5. The summed E-state index contributed by atoms with van der Waals surface area (Å²) in [4.78, 5) is 12.3. The minimum absolute atomic E-state index is 0.0192. The largest absolute Gasteiger partial charge is 0.494 e. The average molecular weight is 411 g/mol. The summed E-state index contributed by atoms with van der Waals surface area (Å²) in [6.45, 7) is 2.92. The highest BCUT2D eigenvalue weighted by Crippen LogP contribution is 2.18. The zero-order chi connectivity index (χ0) is 20.9. The predicted octanol–water partition coefficient (Wildman–Crippen LogP) is 6.62. The van der Waals surface area contributed by atoms with Crippen LogP contribution >= 0.6 is 11.6 Å². The molecule has 1 amide bonds. The summed E-state index contributed by atoms with van der Waals surface area (Å²) in [6, 6.07) is 16.1. The zero-order valence-corrected chi connectivity index (χ0v) is 17.5. The van der Waals surface area contributed by atoms with Gasteiger partial charge in [0, 0.05) is 10.7 Å². The first-order valence-electron chi connectivity index (χ1n) is 10.0. The van der Waals surface area contributed by atoms with Crippen molar-refractivity contribution in [3.05, 3.63) is 64.7 Å². The Labute approximate surface area is 178 Å². The lowest BCUT2D eigenvalue weighted by atomic mass is 10.1. The summed E-state index contributed by atoms with van der Waals surface area (Å²) in [5.41, 5.74) is 1.32. The van der Waals surface area contributed by atoms with E-state index in [4.69, 9.17) is 16.3 Å². The number of carbonyl (C=O) groups excluding carboxylic acids is 1. The topological polar surface area (TPSA) is 62.1 Å². The van der Waals surface area contributed by atoms with E-state index < -0.39 is 5.91 Å². The molecule has 0 bridgehead atoms. The van der Waals surface area contributed by atoms with E-state index in [9.17, 15) is 10.1 Å². The highest BCUT2D eigenvalue weighted by molar-refractivity contribution is 6.31. The Hall–Kier alpha value is -2.77. The minimum Gasteiger partial charge on any atom is -0.494 e. The van der Waals surface area contributed by atoms with Gasteiger partial charge in [-0.2, -0.15) is 5.26 Å². The fraction of sp³-hybridized carbons (Fsp3) is 0.333. The minimum atomic E-state index is -0.474. The van der Waals surface area contributed by atoms with Gasteiger partial charge in [0.1, 0.15) is 17.4 Å². The summed E-state index contributed by atoms with van der Waals surface area (Å²) in [6.07, 6.45) is 8.91. The van der Waals surface area contributed by atoms with Crippen LogP contribution in [0.3, 0.4) is 0 Å². The van der Waals surface area contributed by atoms with Crippen molar-refractivity contribution in [3.8, 4) is 11.8 Å². The molecule has 0 spiro atoms. The molecule has 0 unspecified atom stereocenters. The van der Waals surface area contributed by atoms with Crippen molar-refractivity contribution in [2.45, 2.75) is 45.4 Å². The van der Waals surface area contributed by atoms with Gasteiger partial charge in [-0.05, 0) is 48.4 Å². The molecule has 1 N–H and O–H groups in total. The molecule has 2 aromatic carbocycles. The Morgan fingerprint density at radius 1 is 1.10 bits per heavy atom. The number of nitrogens with one attached hydrogen (secondary N) is 1. The van der Waals surface area contributed by atoms with Gasteiger partial charge in [-0.25, -0.2) is 0 Å². The number of carbonyl (C=O) groups is 1. The lowest BCUT2D eigenvalue weighted by molar-refractivity contribution is -0.112. The lowest BCUT2D eigenvalue weighted by Gasteiger charge is -2.07. The number of amides is 1. The van der Waals surface area contributed by atoms with Gasteiger partial charge in [0.15, 0.2) is 0 Å². The number of ether oxygens (including phenoxy) is 1. The third-order valence-corrected chi connectivity index (χ3v) is 4.64. The number of anilines is 1. The van der Waals surface area contributed by atoms with Crippen molar-refractivity contribution in [1.82, 2.24) is 0 Å². The summed E-state index contributed by atoms with van der Waals surface area (Å²) in [7, 11) is 0. The van der Waals surface area contributed by atoms with Crippen LogP contribution in [0.5, 0.6) is 5.75 Å². The Balaban J connectivity index is 1.86. The number of hydrogen-bond acceptors (Lipinski definition) is 3. The number of nitrogens with zero attached hydrogens (tertiary/aromatic N) is 1. The number of nitriles is 1. The van der Waals surface area contributed by atoms with Crippen LogP contribution in [0.15, 0.2) is 54.1 Å². The normalized spacial score (nSPS) is 11.0. The van der Waals surface area contributed by atoms with Crippen molar-refractivity contribution >= 4 is 29.3 Å². The van der Waals surface area contributed by atoms with Crippen molar-refractivity contribution in [1.29, 1.82) is 5.26 Å². The quantitative estimate of drug-likeness (QED) is 0.257. The van der Waals surface area contributed by atoms with Crippen LogP contribution in [0.1, 0.15) is 51.0 Å². The molecule has 0 aromatic heterocycles. The molecule has 0 heterocycles. The summed E-state index contributed by atoms with van der Waals surface area (Å²) < 4.78 is 5.76. The van der Waals surface area contributed by atoms with E-state index in [2.05, 4.69) is 12.2 Å². The first-order valence-corrected chi connectivity index (χ1v) is 10.4. The van der Waals surface area contributed by atoms with Gasteiger partial charge in [0.2, 0.25) is 0 Å². The molecular weight excluding hydrogens is 384 g/mol. The Morgan fingerprint density at radius 2 is 1.83 bits per heavy atom. The third-order valence-electron chi connectivity index (χ3n) is 4.41. The van der Waals surface area contributed by atoms with Gasteiger partial charge in [-0.3, -0.25) is 4.79 Å². The van der Waals surface area contributed by atoms with Crippen LogP contribution in [-0.2, 0) is 4.79 Å². The molecule has 0 fully saturated rings. The van der Waals surface area contributed by atoms with E-state index in [-0.39, 0.29) is 5.57 Å². The third kappa shape index (κ3) is 8.41. The smallest absolute Gasteiger partial charge is 0.266 e. The molecule has 0 saturated carbocycles. The fourth-order valence-corrected chi connectivity index (χ4v) is 3.00. The molecule has 5 heteroatoms. The Morgan fingerprint density at radius 3 is 2.52 bits per heavy atom. The number of hydrogen-bond donors (Lipinski definition) is 1. The maximum atomic E-state index is 12.3. The first-order chi connectivity index (χ1) is 14.1. The molecule has 152 valence electrons. The number of halogens is 1. The molecule has 0 saturated heterocycles. The van der Waals surface area contributed by atoms with Crippen LogP contribution in [0.2, 0.25) is 5.02 Å². The van der Waals surface area contributed by atoms with Gasteiger partial charge >= 0.3 is 0 Å². The van der Waals surface area contributed by atoms with Crippen molar-refractivity contribution in [2.24, 2.45) is 0 Å². The van der Waals surface area contributed by atoms with Gasteiger partial charge in [-0.1, -0.05) is 68.8 Å². The fourth-order valence-electron chi connectivity index (χ4n) is 2.81. The molecule has 2 aromatic rings. The Bertz CT molecular complexity index is 854. The number of rotatable bonds is 11. The van der Waals surface area contributed by atoms with Gasteiger partial charge < -0.3 is 10.1 Å². The van der Waals surface area contributed by atoms with Gasteiger partial charge in [-0.15, -0.1) is 0 Å². The maximum Gasteiger partial charge on any atom is 0.266 e. The SMILES string of the molecule is CCCCCCCCOc1ccc(/C=C(/C#N)C(=O)Nc2cccc(Cl)c2)cc1. The van der Waals surface area contributed by atoms with Crippen molar-refractivity contribution in [3.63, 3.8) is 0 Å². The first kappa shape index (κ1) is 22.5. The average Bonchev–Trinajstić information content (AvgIpc) is 2.72. The van der Waals surface area contributed by atoms with E-state index in [1.54, 1.807) is 30.3 Å². The maximum absolute atomic E-state index is 12.3. The highest BCUT2D eigenvalue weighted by atomic mass is 35.5. The lowest BCUT2D eigenvalue weighted by Crippen LogP contribution is -2.13. The molecule has 0 radical (unpaired) electrons. The molecule has 0 aliphatic rings. The Kier molecular flexibility index (Phi) is 9.82. The van der Waals surface area contributed by atoms with E-state index in [1.165, 1.54) is 32.1 Å². The van der Waals surface area contributed by atoms with Crippen molar-refractivity contribution < 1.29 is 9.53 Å². The molecule has 29 heavy (non-hydrogen) atoms. The van der Waals surface area contributed by atoms with Crippen LogP contribution < -0.4 is 10.1 Å². The molecule has 0 atom stereocenters. The van der Waals surface area contributed by atoms with Gasteiger partial charge in [0.25, 0.3) is 5.91 Å². The molecular formula is C24H27ClN2O2. The second-order valence-corrected chi connectivity index (χ2v) is 7.26. The van der Waals surface area contributed by atoms with E-state index in [0.717, 1.165) is 17.7 Å². The number of benzene rings is 2. The summed E-state index contributed by atoms with van der Waals surface area (Å²) in [5.74, 6) is 0.316. The predicted molar refractivity (Wildman–Crippen MR) is 119 cm³/mol. The van der Waals surface area contributed by atoms with Crippen LogP contribution in [0.4, 0.5) is 5.69 Å². The highest BCUT2D eigenvalue weighted by Gasteiger charge is 2.10. The van der Waals surface area contributed by atoms with Crippen molar-refractivity contribution in [2.75, 3.05) is 11.9 Å². The van der Waals surface area contributed by atoms with Gasteiger partial charge in [0.05, 0.1) is 6.61 Å². The molecule has 0 aliphatic heterocycles. The monoisotopic (exact) mass is 410 g/mol. The zero-order valence-electron chi connectivity index (χ0n) is 16.8. The standard InChI is InChI=1S/C24H27ClN2O2/c1-2-3-4-5-6-7-15-29-23-13-11-19(12-14-23)16-20(18-26)24(28)27-22-10-8-9-21(25)17-22/h8-14,16-17H,2-7,15H2,1H3,(H,27,28)/b20-16-. The molecule has 0 aliphatic carbocycles. The van der Waals surface area contributed by atoms with Crippen LogP contribution in [-0.4, -0.2) is 12.5 Å². The van der Waals surface area contributed by atoms with Crippen LogP contribution in [0.25, 0.3) is 6.08 Å². The van der Waals surface area contributed by atoms with E-state index in [0.29, 0.717) is 17.3 Å². The molecule has 4 nitrogen and oxygen atoms in total. The second kappa shape index (κ2) is 12.6. The van der Waals surface area contributed by atoms with Crippen LogP contribution in [0, 0.1) is 11.3 Å². The second-order valence-electron chi connectivity index (χ2n) is 6.82. The molecule has 2 rings (SSSR count). The van der Waals surface area contributed by atoms with E-state index >= 15 is 0 Å². The summed E-state index contributed by atoms with van der Waals surface area (Å²) >= 11 is 5.92. The summed E-state index contributed by atoms with van der Waals surface area (Å²) in [5, 5.41) is 12.5.